The molecule has 0 atom stereocenters. The van der Waals surface area contributed by atoms with Gasteiger partial charge in [-0.3, -0.25) is 9.59 Å². The van der Waals surface area contributed by atoms with Crippen molar-refractivity contribution in [2.45, 2.75) is 0 Å². The number of anilines is 3. The minimum atomic E-state index is -0.725. The molecule has 0 radical (unpaired) electrons. The number of phenols is 1. The summed E-state index contributed by atoms with van der Waals surface area (Å²) in [6, 6.07) is 13.2. The van der Waals surface area contributed by atoms with Crippen molar-refractivity contribution in [2.75, 3.05) is 36.3 Å². The molecule has 0 heterocycles. The molecule has 0 aliphatic heterocycles. The van der Waals surface area contributed by atoms with Crippen LogP contribution >= 0.6 is 0 Å². The Morgan fingerprint density at radius 2 is 1.61 bits per heavy atom. The second kappa shape index (κ2) is 6.83. The van der Waals surface area contributed by atoms with E-state index in [0.717, 1.165) is 5.69 Å². The average Bonchev–Trinajstić information content (AvgIpc) is 2.54. The molecule has 2 aromatic rings. The molecule has 0 saturated heterocycles. The van der Waals surface area contributed by atoms with Gasteiger partial charge in [0.2, 0.25) is 0 Å². The molecule has 0 aliphatic carbocycles. The van der Waals surface area contributed by atoms with Gasteiger partial charge in [-0.25, -0.2) is 0 Å². The Morgan fingerprint density at radius 1 is 0.957 bits per heavy atom. The fourth-order valence-electron chi connectivity index (χ4n) is 1.99. The van der Waals surface area contributed by atoms with Crippen molar-refractivity contribution in [3.05, 3.63) is 48.5 Å². The van der Waals surface area contributed by atoms with E-state index in [1.165, 1.54) is 24.1 Å². The van der Waals surface area contributed by atoms with Crippen LogP contribution < -0.4 is 15.1 Å². The average molecular weight is 313 g/mol. The number of benzene rings is 2. The van der Waals surface area contributed by atoms with Gasteiger partial charge >= 0.3 is 11.8 Å². The van der Waals surface area contributed by atoms with E-state index in [4.69, 9.17) is 0 Å². The van der Waals surface area contributed by atoms with E-state index in [1.807, 2.05) is 25.1 Å². The lowest BCUT2D eigenvalue weighted by molar-refractivity contribution is -0.134. The van der Waals surface area contributed by atoms with Gasteiger partial charge in [-0.05, 0) is 42.5 Å². The monoisotopic (exact) mass is 313 g/mol. The Balaban J connectivity index is 2.09. The smallest absolute Gasteiger partial charge is 0.316 e. The summed E-state index contributed by atoms with van der Waals surface area (Å²) in [5.74, 6) is -1.32. The Kier molecular flexibility index (Phi) is 4.85. The highest BCUT2D eigenvalue weighted by atomic mass is 16.3. The molecule has 2 aromatic carbocycles. The van der Waals surface area contributed by atoms with Crippen LogP contribution in [0.5, 0.6) is 5.75 Å². The normalized spacial score (nSPS) is 10.0. The molecule has 6 nitrogen and oxygen atoms in total. The van der Waals surface area contributed by atoms with Crippen LogP contribution in [0.15, 0.2) is 48.5 Å². The van der Waals surface area contributed by atoms with Gasteiger partial charge in [-0.15, -0.1) is 0 Å². The van der Waals surface area contributed by atoms with Gasteiger partial charge in [0, 0.05) is 38.2 Å². The third-order valence-electron chi connectivity index (χ3n) is 3.36. The van der Waals surface area contributed by atoms with Crippen molar-refractivity contribution in [1.29, 1.82) is 0 Å². The summed E-state index contributed by atoms with van der Waals surface area (Å²) in [6.07, 6.45) is 0. The number of carbonyl (C=O) groups is 2. The zero-order valence-electron chi connectivity index (χ0n) is 13.3. The van der Waals surface area contributed by atoms with E-state index in [9.17, 15) is 14.7 Å². The van der Waals surface area contributed by atoms with Crippen LogP contribution in [0.2, 0.25) is 0 Å². The number of nitrogens with one attached hydrogen (secondary N) is 1. The molecule has 2 rings (SSSR count). The molecule has 0 fully saturated rings. The molecule has 2 amide bonds. The van der Waals surface area contributed by atoms with E-state index in [1.54, 1.807) is 30.3 Å². The number of likely N-dealkylation sites (N-methyl/N-ethyl adjacent to an activating group) is 1. The first kappa shape index (κ1) is 16.4. The molecule has 0 aliphatic rings. The maximum Gasteiger partial charge on any atom is 0.316 e. The van der Waals surface area contributed by atoms with Gasteiger partial charge in [0.05, 0.1) is 0 Å². The number of phenolic OH excluding ortho intramolecular Hbond substituents is 1. The number of carbonyl (C=O) groups excluding carboxylic acids is 2. The molecule has 120 valence electrons. The van der Waals surface area contributed by atoms with Crippen LogP contribution in [0.25, 0.3) is 0 Å². The van der Waals surface area contributed by atoms with E-state index in [0.29, 0.717) is 11.4 Å². The molecular formula is C17H19N3O3. The van der Waals surface area contributed by atoms with Crippen molar-refractivity contribution in [3.8, 4) is 5.75 Å². The van der Waals surface area contributed by atoms with E-state index in [2.05, 4.69) is 5.32 Å². The summed E-state index contributed by atoms with van der Waals surface area (Å²) < 4.78 is 0. The van der Waals surface area contributed by atoms with Gasteiger partial charge in [0.15, 0.2) is 0 Å². The lowest BCUT2D eigenvalue weighted by atomic mass is 10.2. The molecular weight excluding hydrogens is 294 g/mol. The fraction of sp³-hybridized carbons (Fsp3) is 0.176. The van der Waals surface area contributed by atoms with Crippen molar-refractivity contribution >= 4 is 28.9 Å². The quantitative estimate of drug-likeness (QED) is 0.851. The van der Waals surface area contributed by atoms with Crippen molar-refractivity contribution < 1.29 is 14.7 Å². The third kappa shape index (κ3) is 4.00. The molecule has 23 heavy (non-hydrogen) atoms. The number of hydrogen-bond donors (Lipinski definition) is 2. The van der Waals surface area contributed by atoms with Gasteiger partial charge in [0.25, 0.3) is 0 Å². The van der Waals surface area contributed by atoms with Crippen LogP contribution in [-0.2, 0) is 9.59 Å². The first-order valence-corrected chi connectivity index (χ1v) is 7.04. The third-order valence-corrected chi connectivity index (χ3v) is 3.36. The van der Waals surface area contributed by atoms with Crippen LogP contribution in [0, 0.1) is 0 Å². The molecule has 0 saturated carbocycles. The molecule has 0 bridgehead atoms. The summed E-state index contributed by atoms with van der Waals surface area (Å²) in [4.78, 5) is 27.4. The standard InChI is InChI=1S/C17H19N3O3/c1-19(2)14-6-4-5-12(11-14)18-16(22)17(23)20(3)13-7-9-15(21)10-8-13/h4-11,21H,1-3H3,(H,18,22). The summed E-state index contributed by atoms with van der Waals surface area (Å²) in [5, 5.41) is 11.9. The summed E-state index contributed by atoms with van der Waals surface area (Å²) in [7, 11) is 5.29. The second-order valence-electron chi connectivity index (χ2n) is 5.28. The lowest BCUT2D eigenvalue weighted by Crippen LogP contribution is -2.37. The highest BCUT2D eigenvalue weighted by Crippen LogP contribution is 2.19. The number of amides is 2. The Labute approximate surface area is 135 Å². The minimum absolute atomic E-state index is 0.0968. The van der Waals surface area contributed by atoms with E-state index < -0.39 is 11.8 Å². The maximum absolute atomic E-state index is 12.2. The Morgan fingerprint density at radius 3 is 2.22 bits per heavy atom. The molecule has 2 N–H and O–H groups in total. The van der Waals surface area contributed by atoms with Gasteiger partial charge in [-0.1, -0.05) is 6.07 Å². The highest BCUT2D eigenvalue weighted by molar-refractivity contribution is 6.44. The maximum atomic E-state index is 12.2. The number of rotatable bonds is 3. The Bertz CT molecular complexity index is 711. The van der Waals surface area contributed by atoms with Gasteiger partial charge in [-0.2, -0.15) is 0 Å². The predicted molar refractivity (Wildman–Crippen MR) is 90.9 cm³/mol. The largest absolute Gasteiger partial charge is 0.508 e. The number of aromatic hydroxyl groups is 1. The van der Waals surface area contributed by atoms with Crippen molar-refractivity contribution in [1.82, 2.24) is 0 Å². The van der Waals surface area contributed by atoms with Crippen molar-refractivity contribution in [2.24, 2.45) is 0 Å². The van der Waals surface area contributed by atoms with Crippen LogP contribution in [0.1, 0.15) is 0 Å². The van der Waals surface area contributed by atoms with Gasteiger partial charge in [0.1, 0.15) is 5.75 Å². The first-order chi connectivity index (χ1) is 10.9. The Hall–Kier alpha value is -3.02. The topological polar surface area (TPSA) is 72.9 Å². The molecule has 0 aromatic heterocycles. The molecule has 0 unspecified atom stereocenters. The predicted octanol–water partition coefficient (Wildman–Crippen LogP) is 2.06. The summed E-state index contributed by atoms with van der Waals surface area (Å²) >= 11 is 0. The highest BCUT2D eigenvalue weighted by Gasteiger charge is 2.20. The summed E-state index contributed by atoms with van der Waals surface area (Å²) in [6.45, 7) is 0. The minimum Gasteiger partial charge on any atom is -0.508 e. The van der Waals surface area contributed by atoms with E-state index >= 15 is 0 Å². The van der Waals surface area contributed by atoms with E-state index in [-0.39, 0.29) is 5.75 Å². The lowest BCUT2D eigenvalue weighted by Gasteiger charge is -2.17. The zero-order chi connectivity index (χ0) is 17.0. The first-order valence-electron chi connectivity index (χ1n) is 7.04. The zero-order valence-corrected chi connectivity index (χ0v) is 13.3. The number of hydrogen-bond acceptors (Lipinski definition) is 4. The van der Waals surface area contributed by atoms with Crippen molar-refractivity contribution in [3.63, 3.8) is 0 Å². The van der Waals surface area contributed by atoms with Crippen LogP contribution in [0.3, 0.4) is 0 Å². The number of nitrogens with zero attached hydrogens (tertiary/aromatic N) is 2. The van der Waals surface area contributed by atoms with Crippen LogP contribution in [0.4, 0.5) is 17.1 Å². The SMILES string of the molecule is CN(C)c1cccc(NC(=O)C(=O)N(C)c2ccc(O)cc2)c1. The van der Waals surface area contributed by atoms with Gasteiger partial charge < -0.3 is 20.2 Å². The molecule has 0 spiro atoms. The molecule has 6 heteroatoms. The fourth-order valence-corrected chi connectivity index (χ4v) is 1.99. The second-order valence-corrected chi connectivity index (χ2v) is 5.28. The van der Waals surface area contributed by atoms with Crippen LogP contribution in [-0.4, -0.2) is 38.1 Å². The summed E-state index contributed by atoms with van der Waals surface area (Å²) in [5.41, 5.74) is 1.99.